The Bertz CT molecular complexity index is 418. The highest BCUT2D eigenvalue weighted by Crippen LogP contribution is 2.25. The number of piperidine rings is 1. The Balaban J connectivity index is 1.58. The van der Waals surface area contributed by atoms with Crippen LogP contribution in [0.5, 0.6) is 0 Å². The minimum atomic E-state index is 0.307. The molecule has 2 saturated heterocycles. The first-order chi connectivity index (χ1) is 9.33. The van der Waals surface area contributed by atoms with Crippen molar-refractivity contribution >= 4 is 17.2 Å². The lowest BCUT2D eigenvalue weighted by atomic mass is 9.89. The summed E-state index contributed by atoms with van der Waals surface area (Å²) in [5, 5.41) is 7.78. The van der Waals surface area contributed by atoms with E-state index in [0.717, 1.165) is 31.6 Å². The van der Waals surface area contributed by atoms with Crippen LogP contribution in [-0.4, -0.2) is 36.5 Å². The van der Waals surface area contributed by atoms with Crippen molar-refractivity contribution in [1.29, 1.82) is 0 Å². The van der Waals surface area contributed by atoms with E-state index in [-0.39, 0.29) is 0 Å². The van der Waals surface area contributed by atoms with E-state index in [1.165, 1.54) is 19.3 Å². The highest BCUT2D eigenvalue weighted by Gasteiger charge is 2.31. The monoisotopic (exact) mass is 278 g/mol. The lowest BCUT2D eigenvalue weighted by Crippen LogP contribution is -2.50. The Morgan fingerprint density at radius 2 is 2.37 bits per heavy atom. The van der Waals surface area contributed by atoms with Gasteiger partial charge in [-0.3, -0.25) is 4.79 Å². The van der Waals surface area contributed by atoms with Crippen molar-refractivity contribution in [1.82, 2.24) is 10.2 Å². The second-order valence-corrected chi connectivity index (χ2v) is 6.53. The van der Waals surface area contributed by atoms with Gasteiger partial charge in [0.1, 0.15) is 0 Å². The number of fused-ring (bicyclic) bond motifs is 1. The second kappa shape index (κ2) is 6.06. The Morgan fingerprint density at radius 3 is 3.21 bits per heavy atom. The number of nitrogens with one attached hydrogen (secondary N) is 1. The van der Waals surface area contributed by atoms with Gasteiger partial charge < -0.3 is 10.2 Å². The van der Waals surface area contributed by atoms with E-state index in [9.17, 15) is 4.79 Å². The summed E-state index contributed by atoms with van der Waals surface area (Å²) >= 11 is 1.67. The first-order valence-electron chi connectivity index (χ1n) is 7.35. The quantitative estimate of drug-likeness (QED) is 0.900. The molecule has 0 aliphatic carbocycles. The molecule has 104 valence electrons. The summed E-state index contributed by atoms with van der Waals surface area (Å²) < 4.78 is 0. The van der Waals surface area contributed by atoms with Gasteiger partial charge in [-0.1, -0.05) is 6.42 Å². The molecular formula is C15H22N2OS. The molecule has 2 aliphatic heterocycles. The molecule has 2 aliphatic rings. The van der Waals surface area contributed by atoms with Gasteiger partial charge in [0.05, 0.1) is 6.42 Å². The third kappa shape index (κ3) is 3.18. The zero-order chi connectivity index (χ0) is 13.1. The molecule has 4 heteroatoms. The van der Waals surface area contributed by atoms with Crippen molar-refractivity contribution in [2.75, 3.05) is 19.6 Å². The molecule has 2 fully saturated rings. The number of hydrogen-bond acceptors (Lipinski definition) is 3. The van der Waals surface area contributed by atoms with Crippen molar-refractivity contribution in [2.45, 2.75) is 38.1 Å². The summed E-state index contributed by atoms with van der Waals surface area (Å²) in [6.07, 6.45) is 5.57. The maximum Gasteiger partial charge on any atom is 0.227 e. The van der Waals surface area contributed by atoms with E-state index in [1.807, 2.05) is 5.38 Å². The SMILES string of the molecule is O=C(Cc1ccsc1)N1CC[C@H]2NCCCC[C@H]2C1. The summed E-state index contributed by atoms with van der Waals surface area (Å²) in [6.45, 7) is 3.04. The molecular weight excluding hydrogens is 256 g/mol. The molecule has 1 amide bonds. The van der Waals surface area contributed by atoms with Crippen LogP contribution in [-0.2, 0) is 11.2 Å². The van der Waals surface area contributed by atoms with Crippen LogP contribution in [0.15, 0.2) is 16.8 Å². The second-order valence-electron chi connectivity index (χ2n) is 5.75. The van der Waals surface area contributed by atoms with E-state index in [4.69, 9.17) is 0 Å². The summed E-state index contributed by atoms with van der Waals surface area (Å²) in [6, 6.07) is 2.70. The van der Waals surface area contributed by atoms with Gasteiger partial charge in [0, 0.05) is 19.1 Å². The standard InChI is InChI=1S/C15H22N2OS/c18-15(9-12-5-8-19-11-12)17-7-4-14-13(10-17)3-1-2-6-16-14/h5,8,11,13-14,16H,1-4,6-7,9-10H2/t13-,14+/m0/s1. The molecule has 0 spiro atoms. The smallest absolute Gasteiger partial charge is 0.227 e. The van der Waals surface area contributed by atoms with Crippen LogP contribution in [0.25, 0.3) is 0 Å². The fourth-order valence-electron chi connectivity index (χ4n) is 3.32. The lowest BCUT2D eigenvalue weighted by Gasteiger charge is -2.38. The van der Waals surface area contributed by atoms with Crippen molar-refractivity contribution in [2.24, 2.45) is 5.92 Å². The normalized spacial score (nSPS) is 27.7. The van der Waals surface area contributed by atoms with Gasteiger partial charge in [0.2, 0.25) is 5.91 Å². The maximum atomic E-state index is 12.3. The van der Waals surface area contributed by atoms with Crippen molar-refractivity contribution in [3.63, 3.8) is 0 Å². The van der Waals surface area contributed by atoms with E-state index in [0.29, 0.717) is 24.3 Å². The lowest BCUT2D eigenvalue weighted by molar-refractivity contribution is -0.132. The van der Waals surface area contributed by atoms with E-state index >= 15 is 0 Å². The van der Waals surface area contributed by atoms with Crippen LogP contribution in [0.3, 0.4) is 0 Å². The van der Waals surface area contributed by atoms with Crippen LogP contribution in [0.4, 0.5) is 0 Å². The van der Waals surface area contributed by atoms with Crippen LogP contribution >= 0.6 is 11.3 Å². The predicted molar refractivity (Wildman–Crippen MR) is 78.4 cm³/mol. The molecule has 0 aromatic carbocycles. The average molecular weight is 278 g/mol. The fourth-order valence-corrected chi connectivity index (χ4v) is 3.99. The summed E-state index contributed by atoms with van der Waals surface area (Å²) in [4.78, 5) is 14.4. The van der Waals surface area contributed by atoms with Crippen molar-refractivity contribution < 1.29 is 4.79 Å². The Kier molecular flexibility index (Phi) is 4.18. The molecule has 3 nitrogen and oxygen atoms in total. The zero-order valence-corrected chi connectivity index (χ0v) is 12.1. The molecule has 2 atom stereocenters. The highest BCUT2D eigenvalue weighted by molar-refractivity contribution is 7.07. The molecule has 0 bridgehead atoms. The number of carbonyl (C=O) groups excluding carboxylic acids is 1. The minimum absolute atomic E-state index is 0.307. The predicted octanol–water partition coefficient (Wildman–Crippen LogP) is 2.28. The fraction of sp³-hybridized carbons (Fsp3) is 0.667. The van der Waals surface area contributed by atoms with Crippen molar-refractivity contribution in [3.8, 4) is 0 Å². The zero-order valence-electron chi connectivity index (χ0n) is 11.3. The number of hydrogen-bond donors (Lipinski definition) is 1. The molecule has 1 aromatic heterocycles. The van der Waals surface area contributed by atoms with E-state index in [2.05, 4.69) is 21.7 Å². The minimum Gasteiger partial charge on any atom is -0.342 e. The number of thiophene rings is 1. The number of rotatable bonds is 2. The average Bonchev–Trinajstić information content (AvgIpc) is 2.81. The van der Waals surface area contributed by atoms with Crippen LogP contribution in [0.1, 0.15) is 31.2 Å². The van der Waals surface area contributed by atoms with Crippen molar-refractivity contribution in [3.05, 3.63) is 22.4 Å². The first-order valence-corrected chi connectivity index (χ1v) is 8.29. The Morgan fingerprint density at radius 1 is 1.42 bits per heavy atom. The van der Waals surface area contributed by atoms with Crippen LogP contribution in [0, 0.1) is 5.92 Å². The van der Waals surface area contributed by atoms with Crippen LogP contribution in [0.2, 0.25) is 0 Å². The molecule has 0 radical (unpaired) electrons. The maximum absolute atomic E-state index is 12.3. The number of nitrogens with zero attached hydrogens (tertiary/aromatic N) is 1. The van der Waals surface area contributed by atoms with Gasteiger partial charge >= 0.3 is 0 Å². The molecule has 19 heavy (non-hydrogen) atoms. The molecule has 0 unspecified atom stereocenters. The van der Waals surface area contributed by atoms with Crippen LogP contribution < -0.4 is 5.32 Å². The Hall–Kier alpha value is -0.870. The van der Waals surface area contributed by atoms with Gasteiger partial charge in [-0.25, -0.2) is 0 Å². The van der Waals surface area contributed by atoms with E-state index < -0.39 is 0 Å². The highest BCUT2D eigenvalue weighted by atomic mass is 32.1. The molecule has 1 aromatic rings. The number of likely N-dealkylation sites (tertiary alicyclic amines) is 1. The first kappa shape index (κ1) is 13.1. The third-order valence-electron chi connectivity index (χ3n) is 4.43. The summed E-state index contributed by atoms with van der Waals surface area (Å²) in [5.74, 6) is 0.976. The number of carbonyl (C=O) groups is 1. The summed E-state index contributed by atoms with van der Waals surface area (Å²) in [5.41, 5.74) is 1.16. The molecule has 1 N–H and O–H groups in total. The molecule has 3 rings (SSSR count). The van der Waals surface area contributed by atoms with Gasteiger partial charge in [-0.15, -0.1) is 0 Å². The summed E-state index contributed by atoms with van der Waals surface area (Å²) in [7, 11) is 0. The third-order valence-corrected chi connectivity index (χ3v) is 5.16. The van der Waals surface area contributed by atoms with E-state index in [1.54, 1.807) is 11.3 Å². The largest absolute Gasteiger partial charge is 0.342 e. The molecule has 3 heterocycles. The Labute approximate surface area is 119 Å². The van der Waals surface area contributed by atoms with Gasteiger partial charge in [0.15, 0.2) is 0 Å². The van der Waals surface area contributed by atoms with Gasteiger partial charge in [-0.2, -0.15) is 11.3 Å². The number of amides is 1. The topological polar surface area (TPSA) is 32.3 Å². The van der Waals surface area contributed by atoms with Gasteiger partial charge in [0.25, 0.3) is 0 Å². The molecule has 0 saturated carbocycles. The van der Waals surface area contributed by atoms with Gasteiger partial charge in [-0.05, 0) is 54.1 Å².